The Bertz CT molecular complexity index is 585. The van der Waals surface area contributed by atoms with E-state index in [1.807, 2.05) is 12.3 Å². The van der Waals surface area contributed by atoms with E-state index in [0.717, 1.165) is 35.8 Å². The summed E-state index contributed by atoms with van der Waals surface area (Å²) in [5.41, 5.74) is 3.31. The fourth-order valence-corrected chi connectivity index (χ4v) is 2.77. The molecule has 0 bridgehead atoms. The highest BCUT2D eigenvalue weighted by Crippen LogP contribution is 2.31. The number of nitrogens with zero attached hydrogens (tertiary/aromatic N) is 1. The van der Waals surface area contributed by atoms with Gasteiger partial charge in [-0.05, 0) is 38.4 Å². The van der Waals surface area contributed by atoms with Crippen LogP contribution in [0.2, 0.25) is 0 Å². The molecule has 20 heavy (non-hydrogen) atoms. The molecule has 2 N–H and O–H groups in total. The van der Waals surface area contributed by atoms with Crippen LogP contribution in [0.1, 0.15) is 36.7 Å². The van der Waals surface area contributed by atoms with Gasteiger partial charge in [0.15, 0.2) is 0 Å². The van der Waals surface area contributed by atoms with Crippen molar-refractivity contribution in [2.24, 2.45) is 0 Å². The van der Waals surface area contributed by atoms with Gasteiger partial charge in [0.05, 0.1) is 25.0 Å². The van der Waals surface area contributed by atoms with Gasteiger partial charge in [-0.1, -0.05) is 18.1 Å². The molecule has 0 spiro atoms. The molecule has 1 fully saturated rings. The first kappa shape index (κ1) is 13.2. The van der Waals surface area contributed by atoms with Gasteiger partial charge in [0, 0.05) is 5.56 Å². The van der Waals surface area contributed by atoms with E-state index >= 15 is 0 Å². The van der Waals surface area contributed by atoms with E-state index in [2.05, 4.69) is 34.3 Å². The van der Waals surface area contributed by atoms with Gasteiger partial charge in [-0.2, -0.15) is 0 Å². The lowest BCUT2D eigenvalue weighted by atomic mass is 10.0. The Hall–Kier alpha value is -1.81. The summed E-state index contributed by atoms with van der Waals surface area (Å²) < 4.78 is 5.45. The summed E-state index contributed by atoms with van der Waals surface area (Å²) in [4.78, 5) is 8.00. The van der Waals surface area contributed by atoms with E-state index in [-0.39, 0.29) is 0 Å². The maximum absolute atomic E-state index is 5.45. The molecule has 2 aromatic rings. The normalized spacial score (nSPS) is 19.0. The third-order valence-corrected chi connectivity index (χ3v) is 3.88. The molecular weight excluding hydrogens is 250 g/mol. The Kier molecular flexibility index (Phi) is 3.74. The lowest BCUT2D eigenvalue weighted by molar-refractivity contribution is 0.399. The second-order valence-corrected chi connectivity index (χ2v) is 5.39. The number of ether oxygens (including phenoxy) is 1. The quantitative estimate of drug-likeness (QED) is 0.901. The summed E-state index contributed by atoms with van der Waals surface area (Å²) in [6.07, 6.45) is 5.58. The Morgan fingerprint density at radius 3 is 2.95 bits per heavy atom. The van der Waals surface area contributed by atoms with Crippen LogP contribution in [0.15, 0.2) is 24.4 Å². The molecule has 1 aliphatic rings. The molecule has 0 amide bonds. The van der Waals surface area contributed by atoms with Gasteiger partial charge in [-0.3, -0.25) is 0 Å². The fourth-order valence-electron chi connectivity index (χ4n) is 2.77. The monoisotopic (exact) mass is 271 g/mol. The summed E-state index contributed by atoms with van der Waals surface area (Å²) in [6.45, 7) is 3.16. The number of H-pyrrole nitrogens is 1. The van der Waals surface area contributed by atoms with Gasteiger partial charge >= 0.3 is 0 Å². The Labute approximate surface area is 119 Å². The number of aromatic amines is 1. The first-order valence-corrected chi connectivity index (χ1v) is 7.21. The smallest absolute Gasteiger partial charge is 0.128 e. The molecule has 1 aromatic carbocycles. The van der Waals surface area contributed by atoms with Gasteiger partial charge in [0.2, 0.25) is 0 Å². The molecule has 4 nitrogen and oxygen atoms in total. The third-order valence-electron chi connectivity index (χ3n) is 3.88. The molecule has 4 heteroatoms. The maximum Gasteiger partial charge on any atom is 0.128 e. The van der Waals surface area contributed by atoms with Crippen molar-refractivity contribution in [3.63, 3.8) is 0 Å². The zero-order valence-electron chi connectivity index (χ0n) is 12.1. The zero-order chi connectivity index (χ0) is 13.9. The maximum atomic E-state index is 5.45. The number of imidazole rings is 1. The zero-order valence-corrected chi connectivity index (χ0v) is 12.1. The number of piperidine rings is 1. The van der Waals surface area contributed by atoms with Crippen molar-refractivity contribution in [1.82, 2.24) is 15.3 Å². The van der Waals surface area contributed by atoms with Crippen LogP contribution >= 0.6 is 0 Å². The van der Waals surface area contributed by atoms with Crippen LogP contribution in [-0.2, 0) is 0 Å². The van der Waals surface area contributed by atoms with Crippen molar-refractivity contribution in [1.29, 1.82) is 0 Å². The number of aryl methyl sites for hydroxylation is 1. The van der Waals surface area contributed by atoms with Crippen molar-refractivity contribution < 1.29 is 4.74 Å². The highest BCUT2D eigenvalue weighted by atomic mass is 16.5. The van der Waals surface area contributed by atoms with E-state index in [1.165, 1.54) is 18.4 Å². The first-order chi connectivity index (χ1) is 9.78. The molecule has 1 saturated heterocycles. The van der Waals surface area contributed by atoms with Gasteiger partial charge in [0.1, 0.15) is 11.6 Å². The Morgan fingerprint density at radius 2 is 2.20 bits per heavy atom. The van der Waals surface area contributed by atoms with Crippen molar-refractivity contribution in [2.45, 2.75) is 32.2 Å². The fraction of sp³-hybridized carbons (Fsp3) is 0.438. The largest absolute Gasteiger partial charge is 0.496 e. The van der Waals surface area contributed by atoms with Crippen LogP contribution in [0, 0.1) is 6.92 Å². The minimum atomic E-state index is 0.355. The van der Waals surface area contributed by atoms with E-state index in [1.54, 1.807) is 7.11 Å². The van der Waals surface area contributed by atoms with Crippen LogP contribution in [0.25, 0.3) is 11.3 Å². The molecule has 106 valence electrons. The third kappa shape index (κ3) is 2.56. The van der Waals surface area contributed by atoms with Crippen molar-refractivity contribution in [3.8, 4) is 17.0 Å². The van der Waals surface area contributed by atoms with Crippen molar-refractivity contribution in [2.75, 3.05) is 13.7 Å². The van der Waals surface area contributed by atoms with Crippen LogP contribution in [0.3, 0.4) is 0 Å². The molecular formula is C16H21N3O. The minimum Gasteiger partial charge on any atom is -0.496 e. The number of methoxy groups -OCH3 is 1. The topological polar surface area (TPSA) is 49.9 Å². The van der Waals surface area contributed by atoms with Crippen molar-refractivity contribution >= 4 is 0 Å². The minimum absolute atomic E-state index is 0.355. The van der Waals surface area contributed by atoms with E-state index in [4.69, 9.17) is 4.74 Å². The van der Waals surface area contributed by atoms with E-state index in [9.17, 15) is 0 Å². The number of rotatable bonds is 3. The molecule has 1 unspecified atom stereocenters. The Balaban J connectivity index is 1.91. The second kappa shape index (κ2) is 5.67. The molecule has 0 radical (unpaired) electrons. The standard InChI is InChI=1S/C16H21N3O/c1-11-6-7-15(20-2)12(9-11)14-10-18-16(19-14)13-5-3-4-8-17-13/h6-7,9-10,13,17H,3-5,8H2,1-2H3,(H,18,19). The molecule has 1 atom stereocenters. The SMILES string of the molecule is COc1ccc(C)cc1-c1cnc(C2CCCCN2)[nH]1. The Morgan fingerprint density at radius 1 is 1.30 bits per heavy atom. The highest BCUT2D eigenvalue weighted by molar-refractivity contribution is 5.67. The molecule has 0 aliphatic carbocycles. The molecule has 1 aromatic heterocycles. The van der Waals surface area contributed by atoms with E-state index in [0.29, 0.717) is 6.04 Å². The average molecular weight is 271 g/mol. The second-order valence-electron chi connectivity index (χ2n) is 5.39. The summed E-state index contributed by atoms with van der Waals surface area (Å²) in [7, 11) is 1.70. The molecule has 1 aliphatic heterocycles. The van der Waals surface area contributed by atoms with E-state index < -0.39 is 0 Å². The van der Waals surface area contributed by atoms with Crippen LogP contribution in [0.5, 0.6) is 5.75 Å². The lowest BCUT2D eigenvalue weighted by Crippen LogP contribution is -2.27. The van der Waals surface area contributed by atoms with Gasteiger partial charge < -0.3 is 15.0 Å². The predicted molar refractivity (Wildman–Crippen MR) is 79.9 cm³/mol. The number of hydrogen-bond donors (Lipinski definition) is 2. The summed E-state index contributed by atoms with van der Waals surface area (Å²) in [6, 6.07) is 6.55. The molecule has 3 rings (SSSR count). The summed E-state index contributed by atoms with van der Waals surface area (Å²) >= 11 is 0. The molecule has 0 saturated carbocycles. The van der Waals surface area contributed by atoms with Crippen LogP contribution in [0.4, 0.5) is 0 Å². The molecule has 2 heterocycles. The summed E-state index contributed by atoms with van der Waals surface area (Å²) in [5.74, 6) is 1.91. The van der Waals surface area contributed by atoms with Crippen molar-refractivity contribution in [3.05, 3.63) is 35.8 Å². The van der Waals surface area contributed by atoms with Crippen LogP contribution in [-0.4, -0.2) is 23.6 Å². The number of benzene rings is 1. The number of nitrogens with one attached hydrogen (secondary N) is 2. The van der Waals surface area contributed by atoms with Crippen LogP contribution < -0.4 is 10.1 Å². The van der Waals surface area contributed by atoms with Gasteiger partial charge in [0.25, 0.3) is 0 Å². The lowest BCUT2D eigenvalue weighted by Gasteiger charge is -2.21. The highest BCUT2D eigenvalue weighted by Gasteiger charge is 2.18. The first-order valence-electron chi connectivity index (χ1n) is 7.21. The predicted octanol–water partition coefficient (Wildman–Crippen LogP) is 3.21. The number of aromatic nitrogens is 2. The van der Waals surface area contributed by atoms with Gasteiger partial charge in [-0.25, -0.2) is 4.98 Å². The average Bonchev–Trinajstić information content (AvgIpc) is 2.98. The summed E-state index contributed by atoms with van der Waals surface area (Å²) in [5, 5.41) is 3.52. The number of hydrogen-bond acceptors (Lipinski definition) is 3. The van der Waals surface area contributed by atoms with Gasteiger partial charge in [-0.15, -0.1) is 0 Å².